The first-order chi connectivity index (χ1) is 5.74. The van der Waals surface area contributed by atoms with Crippen LogP contribution in [0.4, 0.5) is 0 Å². The number of esters is 1. The molecule has 1 aliphatic heterocycles. The van der Waals surface area contributed by atoms with Crippen molar-refractivity contribution in [3.63, 3.8) is 0 Å². The number of carbonyl (C=O) groups is 2. The third-order valence-electron chi connectivity index (χ3n) is 1.73. The molecule has 1 heterocycles. The minimum atomic E-state index is -0.425. The molecule has 6 heteroatoms. The van der Waals surface area contributed by atoms with Gasteiger partial charge in [-0.15, -0.1) is 12.4 Å². The molecular weight excluding hydrogens is 196 g/mol. The largest absolute Gasteiger partial charge is 0.469 e. The molecule has 5 nitrogen and oxygen atoms in total. The van der Waals surface area contributed by atoms with Crippen LogP contribution < -0.4 is 10.6 Å². The van der Waals surface area contributed by atoms with Crippen LogP contribution in [0.3, 0.4) is 0 Å². The second kappa shape index (κ2) is 5.77. The molecule has 0 radical (unpaired) electrons. The lowest BCUT2D eigenvalue weighted by atomic mass is 10.1. The normalized spacial score (nSPS) is 21.3. The third kappa shape index (κ3) is 3.61. The molecule has 1 saturated heterocycles. The zero-order valence-electron chi connectivity index (χ0n) is 7.33. The number of halogens is 1. The van der Waals surface area contributed by atoms with E-state index in [0.717, 1.165) is 0 Å². The Bertz CT molecular complexity index is 198. The van der Waals surface area contributed by atoms with Crippen molar-refractivity contribution in [3.05, 3.63) is 0 Å². The molecule has 1 amide bonds. The SMILES string of the molecule is COC(=O)CC1NCCNC1=O.Cl. The molecule has 0 aromatic carbocycles. The highest BCUT2D eigenvalue weighted by molar-refractivity contribution is 5.87. The number of amides is 1. The topological polar surface area (TPSA) is 67.4 Å². The van der Waals surface area contributed by atoms with Gasteiger partial charge in [0.15, 0.2) is 0 Å². The highest BCUT2D eigenvalue weighted by Gasteiger charge is 2.23. The molecule has 1 unspecified atom stereocenters. The van der Waals surface area contributed by atoms with Gasteiger partial charge in [0.1, 0.15) is 0 Å². The molecule has 0 spiro atoms. The maximum absolute atomic E-state index is 11.1. The van der Waals surface area contributed by atoms with Crippen molar-refractivity contribution in [1.29, 1.82) is 0 Å². The van der Waals surface area contributed by atoms with Gasteiger partial charge < -0.3 is 15.4 Å². The number of hydrogen-bond donors (Lipinski definition) is 2. The van der Waals surface area contributed by atoms with Crippen LogP contribution in [0.1, 0.15) is 6.42 Å². The Labute approximate surface area is 82.6 Å². The van der Waals surface area contributed by atoms with E-state index in [4.69, 9.17) is 0 Å². The fourth-order valence-corrected chi connectivity index (χ4v) is 1.06. The van der Waals surface area contributed by atoms with Gasteiger partial charge in [-0.25, -0.2) is 0 Å². The van der Waals surface area contributed by atoms with Gasteiger partial charge in [-0.05, 0) is 0 Å². The highest BCUT2D eigenvalue weighted by Crippen LogP contribution is 1.97. The van der Waals surface area contributed by atoms with Gasteiger partial charge in [0.2, 0.25) is 5.91 Å². The third-order valence-corrected chi connectivity index (χ3v) is 1.73. The summed E-state index contributed by atoms with van der Waals surface area (Å²) in [6.07, 6.45) is 0.0995. The van der Waals surface area contributed by atoms with Crippen molar-refractivity contribution in [3.8, 4) is 0 Å². The molecule has 76 valence electrons. The monoisotopic (exact) mass is 208 g/mol. The number of nitrogens with one attached hydrogen (secondary N) is 2. The second-order valence-electron chi connectivity index (χ2n) is 2.58. The predicted octanol–water partition coefficient (Wildman–Crippen LogP) is -0.941. The standard InChI is InChI=1S/C7H12N2O3.ClH/c1-12-6(10)4-5-7(11)9-3-2-8-5;/h5,8H,2-4H2,1H3,(H,9,11);1H. The maximum atomic E-state index is 11.1. The average Bonchev–Trinajstić information content (AvgIpc) is 2.09. The fraction of sp³-hybridized carbons (Fsp3) is 0.714. The minimum absolute atomic E-state index is 0. The van der Waals surface area contributed by atoms with Crippen LogP contribution >= 0.6 is 12.4 Å². The molecular formula is C7H13ClN2O3. The molecule has 13 heavy (non-hydrogen) atoms. The van der Waals surface area contributed by atoms with Gasteiger partial charge in [-0.2, -0.15) is 0 Å². The van der Waals surface area contributed by atoms with Crippen LogP contribution in [-0.2, 0) is 14.3 Å². The number of hydrogen-bond acceptors (Lipinski definition) is 4. The molecule has 1 fully saturated rings. The molecule has 0 bridgehead atoms. The molecule has 2 N–H and O–H groups in total. The van der Waals surface area contributed by atoms with Crippen LogP contribution in [0.15, 0.2) is 0 Å². The molecule has 0 saturated carbocycles. The van der Waals surface area contributed by atoms with Gasteiger partial charge in [0.25, 0.3) is 0 Å². The van der Waals surface area contributed by atoms with E-state index in [2.05, 4.69) is 15.4 Å². The average molecular weight is 209 g/mol. The maximum Gasteiger partial charge on any atom is 0.307 e. The molecule has 0 aromatic heterocycles. The lowest BCUT2D eigenvalue weighted by Crippen LogP contribution is -2.53. The van der Waals surface area contributed by atoms with E-state index in [-0.39, 0.29) is 30.7 Å². The summed E-state index contributed by atoms with van der Waals surface area (Å²) in [7, 11) is 1.31. The summed E-state index contributed by atoms with van der Waals surface area (Å²) < 4.78 is 4.44. The van der Waals surface area contributed by atoms with Crippen molar-refractivity contribution in [2.75, 3.05) is 20.2 Å². The van der Waals surface area contributed by atoms with E-state index in [1.807, 2.05) is 0 Å². The van der Waals surface area contributed by atoms with E-state index in [1.165, 1.54) is 7.11 Å². The van der Waals surface area contributed by atoms with Crippen LogP contribution in [-0.4, -0.2) is 38.1 Å². The predicted molar refractivity (Wildman–Crippen MR) is 48.7 cm³/mol. The summed E-state index contributed by atoms with van der Waals surface area (Å²) in [6.45, 7) is 1.32. The van der Waals surface area contributed by atoms with Gasteiger partial charge in [0, 0.05) is 13.1 Å². The smallest absolute Gasteiger partial charge is 0.307 e. The lowest BCUT2D eigenvalue weighted by molar-refractivity contribution is -0.143. The summed E-state index contributed by atoms with van der Waals surface area (Å²) in [4.78, 5) is 21.8. The molecule has 1 atom stereocenters. The van der Waals surface area contributed by atoms with Gasteiger partial charge >= 0.3 is 5.97 Å². The van der Waals surface area contributed by atoms with Crippen LogP contribution in [0, 0.1) is 0 Å². The Kier molecular flexibility index (Phi) is 5.41. The summed E-state index contributed by atoms with van der Waals surface area (Å²) in [6, 6.07) is -0.425. The van der Waals surface area contributed by atoms with E-state index in [0.29, 0.717) is 13.1 Å². The van der Waals surface area contributed by atoms with E-state index < -0.39 is 6.04 Å². The number of methoxy groups -OCH3 is 1. The van der Waals surface area contributed by atoms with Crippen molar-refractivity contribution < 1.29 is 14.3 Å². The quantitative estimate of drug-likeness (QED) is 0.575. The van der Waals surface area contributed by atoms with Crippen LogP contribution in [0.2, 0.25) is 0 Å². The number of piperazine rings is 1. The molecule has 0 aromatic rings. The molecule has 0 aliphatic carbocycles. The Morgan fingerprint density at radius 2 is 2.31 bits per heavy atom. The Hall–Kier alpha value is -0.810. The summed E-state index contributed by atoms with van der Waals surface area (Å²) in [5.41, 5.74) is 0. The number of ether oxygens (including phenoxy) is 1. The van der Waals surface area contributed by atoms with Crippen molar-refractivity contribution in [1.82, 2.24) is 10.6 Å². The Morgan fingerprint density at radius 1 is 1.62 bits per heavy atom. The van der Waals surface area contributed by atoms with Crippen molar-refractivity contribution in [2.24, 2.45) is 0 Å². The molecule has 1 rings (SSSR count). The van der Waals surface area contributed by atoms with E-state index >= 15 is 0 Å². The van der Waals surface area contributed by atoms with E-state index in [1.54, 1.807) is 0 Å². The second-order valence-corrected chi connectivity index (χ2v) is 2.58. The fourth-order valence-electron chi connectivity index (χ4n) is 1.06. The van der Waals surface area contributed by atoms with E-state index in [9.17, 15) is 9.59 Å². The summed E-state index contributed by atoms with van der Waals surface area (Å²) in [5, 5.41) is 5.57. The summed E-state index contributed by atoms with van der Waals surface area (Å²) in [5.74, 6) is -0.504. The summed E-state index contributed by atoms with van der Waals surface area (Å²) >= 11 is 0. The van der Waals surface area contributed by atoms with Crippen molar-refractivity contribution in [2.45, 2.75) is 12.5 Å². The zero-order chi connectivity index (χ0) is 8.97. The minimum Gasteiger partial charge on any atom is -0.469 e. The lowest BCUT2D eigenvalue weighted by Gasteiger charge is -2.22. The first-order valence-electron chi connectivity index (χ1n) is 3.82. The van der Waals surface area contributed by atoms with Crippen molar-refractivity contribution >= 4 is 24.3 Å². The van der Waals surface area contributed by atoms with Crippen LogP contribution in [0.5, 0.6) is 0 Å². The molecule has 1 aliphatic rings. The Balaban J connectivity index is 0.00000144. The number of rotatable bonds is 2. The Morgan fingerprint density at radius 3 is 2.85 bits per heavy atom. The van der Waals surface area contributed by atoms with Crippen LogP contribution in [0.25, 0.3) is 0 Å². The number of carbonyl (C=O) groups excluding carboxylic acids is 2. The van der Waals surface area contributed by atoms with Gasteiger partial charge in [-0.3, -0.25) is 9.59 Å². The highest BCUT2D eigenvalue weighted by atomic mass is 35.5. The zero-order valence-corrected chi connectivity index (χ0v) is 8.15. The van der Waals surface area contributed by atoms with Gasteiger partial charge in [-0.1, -0.05) is 0 Å². The van der Waals surface area contributed by atoms with Gasteiger partial charge in [0.05, 0.1) is 19.6 Å². The first kappa shape index (κ1) is 12.2. The first-order valence-corrected chi connectivity index (χ1v) is 3.82.